The van der Waals surface area contributed by atoms with Gasteiger partial charge in [0.2, 0.25) is 15.9 Å². The van der Waals surface area contributed by atoms with Crippen molar-refractivity contribution < 1.29 is 18.1 Å². The van der Waals surface area contributed by atoms with Crippen molar-refractivity contribution in [2.24, 2.45) is 0 Å². The fourth-order valence-corrected chi connectivity index (χ4v) is 6.16. The van der Waals surface area contributed by atoms with E-state index in [0.29, 0.717) is 12.8 Å². The van der Waals surface area contributed by atoms with Crippen LogP contribution in [0, 0.1) is 10.1 Å². The van der Waals surface area contributed by atoms with Gasteiger partial charge in [-0.1, -0.05) is 30.7 Å². The zero-order valence-electron chi connectivity index (χ0n) is 17.1. The van der Waals surface area contributed by atoms with Gasteiger partial charge in [0.15, 0.2) is 0 Å². The molecule has 0 unspecified atom stereocenters. The van der Waals surface area contributed by atoms with Crippen LogP contribution >= 0.6 is 0 Å². The van der Waals surface area contributed by atoms with Crippen molar-refractivity contribution in [3.8, 4) is 0 Å². The minimum Gasteiger partial charge on any atom is -0.348 e. The van der Waals surface area contributed by atoms with Crippen LogP contribution in [-0.4, -0.2) is 36.1 Å². The molecule has 1 heterocycles. The van der Waals surface area contributed by atoms with E-state index in [2.05, 4.69) is 11.4 Å². The molecule has 0 saturated carbocycles. The average Bonchev–Trinajstić information content (AvgIpc) is 2.79. The summed E-state index contributed by atoms with van der Waals surface area (Å²) in [6.07, 6.45) is 4.66. The third-order valence-corrected chi connectivity index (χ3v) is 8.02. The van der Waals surface area contributed by atoms with Crippen LogP contribution < -0.4 is 5.32 Å². The van der Waals surface area contributed by atoms with E-state index in [1.165, 1.54) is 34.1 Å². The van der Waals surface area contributed by atoms with E-state index in [1.807, 2.05) is 18.2 Å². The summed E-state index contributed by atoms with van der Waals surface area (Å²) < 4.78 is 27.8. The van der Waals surface area contributed by atoms with E-state index in [4.69, 9.17) is 0 Å². The summed E-state index contributed by atoms with van der Waals surface area (Å²) in [7, 11) is -3.95. The Bertz CT molecular complexity index is 1080. The smallest absolute Gasteiger partial charge is 0.269 e. The molecule has 1 aliphatic heterocycles. The van der Waals surface area contributed by atoms with Gasteiger partial charge in [-0.3, -0.25) is 14.9 Å². The monoisotopic (exact) mass is 443 g/mol. The molecule has 164 valence electrons. The molecule has 0 radical (unpaired) electrons. The zero-order chi connectivity index (χ0) is 22.0. The molecule has 0 aromatic heterocycles. The summed E-state index contributed by atoms with van der Waals surface area (Å²) in [6.45, 7) is 0.249. The number of nitro benzene ring substituents is 1. The lowest BCUT2D eigenvalue weighted by Gasteiger charge is -2.35. The van der Waals surface area contributed by atoms with Gasteiger partial charge in [0, 0.05) is 18.7 Å². The lowest BCUT2D eigenvalue weighted by atomic mass is 9.87. The quantitative estimate of drug-likeness (QED) is 0.563. The number of amides is 1. The van der Waals surface area contributed by atoms with Gasteiger partial charge in [0.05, 0.1) is 15.9 Å². The fourth-order valence-electron chi connectivity index (χ4n) is 4.50. The van der Waals surface area contributed by atoms with Crippen LogP contribution in [0.1, 0.15) is 49.3 Å². The molecule has 1 saturated heterocycles. The molecular formula is C22H25N3O5S. The van der Waals surface area contributed by atoms with Gasteiger partial charge in [0.25, 0.3) is 5.69 Å². The number of sulfonamides is 1. The highest BCUT2D eigenvalue weighted by atomic mass is 32.2. The maximum Gasteiger partial charge on any atom is 0.269 e. The molecule has 1 amide bonds. The number of hydrogen-bond donors (Lipinski definition) is 1. The standard InChI is InChI=1S/C22H25N3O5S/c26-22(23-20-9-5-7-16-6-1-2-8-19(16)20)21-10-3-4-15-24(21)31(29,30)18-13-11-17(12-14-18)25(27)28/h1-2,6,8,11-14,20-21H,3-5,7,9-10,15H2,(H,23,26)/t20-,21-/m1/s1. The second-order valence-corrected chi connectivity index (χ2v) is 9.92. The lowest BCUT2D eigenvalue weighted by Crippen LogP contribution is -2.52. The topological polar surface area (TPSA) is 110 Å². The SMILES string of the molecule is O=C(N[C@@H]1CCCc2ccccc21)[C@H]1CCCCN1S(=O)(=O)c1ccc([N+](=O)[O-])cc1. The minimum atomic E-state index is -3.95. The van der Waals surface area contributed by atoms with Crippen LogP contribution in [0.4, 0.5) is 5.69 Å². The number of rotatable bonds is 5. The van der Waals surface area contributed by atoms with E-state index in [9.17, 15) is 23.3 Å². The predicted molar refractivity (Wildman–Crippen MR) is 115 cm³/mol. The fraction of sp³-hybridized carbons (Fsp3) is 0.409. The third kappa shape index (κ3) is 4.33. The van der Waals surface area contributed by atoms with Crippen LogP contribution in [0.15, 0.2) is 53.4 Å². The Balaban J connectivity index is 1.56. The number of carbonyl (C=O) groups is 1. The van der Waals surface area contributed by atoms with E-state index in [-0.39, 0.29) is 29.1 Å². The van der Waals surface area contributed by atoms with Crippen LogP contribution in [0.5, 0.6) is 0 Å². The number of nitrogens with one attached hydrogen (secondary N) is 1. The molecule has 8 nitrogen and oxygen atoms in total. The van der Waals surface area contributed by atoms with Crippen LogP contribution in [0.25, 0.3) is 0 Å². The van der Waals surface area contributed by atoms with Crippen molar-refractivity contribution in [2.45, 2.75) is 55.5 Å². The number of fused-ring (bicyclic) bond motifs is 1. The van der Waals surface area contributed by atoms with Crippen molar-refractivity contribution in [1.29, 1.82) is 0 Å². The predicted octanol–water partition coefficient (Wildman–Crippen LogP) is 3.33. The highest BCUT2D eigenvalue weighted by Crippen LogP contribution is 2.31. The first-order valence-electron chi connectivity index (χ1n) is 10.5. The minimum absolute atomic E-state index is 0.0409. The van der Waals surface area contributed by atoms with Crippen molar-refractivity contribution in [1.82, 2.24) is 9.62 Å². The Labute approximate surface area is 181 Å². The summed E-state index contributed by atoms with van der Waals surface area (Å²) >= 11 is 0. The second kappa shape index (κ2) is 8.76. The van der Waals surface area contributed by atoms with Crippen molar-refractivity contribution >= 4 is 21.6 Å². The molecule has 4 rings (SSSR count). The van der Waals surface area contributed by atoms with E-state index >= 15 is 0 Å². The van der Waals surface area contributed by atoms with E-state index in [0.717, 1.165) is 31.2 Å². The molecule has 1 fully saturated rings. The Morgan fingerprint density at radius 3 is 2.52 bits per heavy atom. The molecule has 2 atom stereocenters. The van der Waals surface area contributed by atoms with Gasteiger partial charge in [-0.2, -0.15) is 4.31 Å². The van der Waals surface area contributed by atoms with Gasteiger partial charge < -0.3 is 5.32 Å². The number of piperidine rings is 1. The largest absolute Gasteiger partial charge is 0.348 e. The molecule has 2 aromatic rings. The molecule has 1 aliphatic carbocycles. The van der Waals surface area contributed by atoms with Gasteiger partial charge >= 0.3 is 0 Å². The second-order valence-electron chi connectivity index (χ2n) is 8.03. The van der Waals surface area contributed by atoms with Crippen LogP contribution in [-0.2, 0) is 21.2 Å². The highest BCUT2D eigenvalue weighted by Gasteiger charge is 2.38. The molecule has 1 N–H and O–H groups in total. The Morgan fingerprint density at radius 1 is 1.03 bits per heavy atom. The number of benzene rings is 2. The normalized spacial score (nSPS) is 21.8. The highest BCUT2D eigenvalue weighted by molar-refractivity contribution is 7.89. The van der Waals surface area contributed by atoms with Crippen LogP contribution in [0.2, 0.25) is 0 Å². The molecule has 2 aliphatic rings. The first-order chi connectivity index (χ1) is 14.9. The summed E-state index contributed by atoms with van der Waals surface area (Å²) in [5.41, 5.74) is 2.14. The van der Waals surface area contributed by atoms with Gasteiger partial charge in [-0.25, -0.2) is 8.42 Å². The number of carbonyl (C=O) groups excluding carboxylic acids is 1. The molecule has 9 heteroatoms. The lowest BCUT2D eigenvalue weighted by molar-refractivity contribution is -0.384. The Hall–Kier alpha value is -2.78. The number of non-ortho nitro benzene ring substituents is 1. The van der Waals surface area contributed by atoms with Gasteiger partial charge in [0.1, 0.15) is 6.04 Å². The number of hydrogen-bond acceptors (Lipinski definition) is 5. The van der Waals surface area contributed by atoms with Crippen molar-refractivity contribution in [3.63, 3.8) is 0 Å². The van der Waals surface area contributed by atoms with Gasteiger partial charge in [-0.15, -0.1) is 0 Å². The van der Waals surface area contributed by atoms with Crippen molar-refractivity contribution in [3.05, 3.63) is 69.8 Å². The first kappa shape index (κ1) is 21.5. The third-order valence-electron chi connectivity index (χ3n) is 6.10. The summed E-state index contributed by atoms with van der Waals surface area (Å²) in [5, 5.41) is 14.0. The number of nitro groups is 1. The van der Waals surface area contributed by atoms with Crippen molar-refractivity contribution in [2.75, 3.05) is 6.54 Å². The van der Waals surface area contributed by atoms with E-state index in [1.54, 1.807) is 0 Å². The molecule has 0 bridgehead atoms. The zero-order valence-corrected chi connectivity index (χ0v) is 17.9. The number of nitrogens with zero attached hydrogens (tertiary/aromatic N) is 2. The maximum atomic E-state index is 13.2. The maximum absolute atomic E-state index is 13.2. The molecular weight excluding hydrogens is 418 g/mol. The summed E-state index contributed by atoms with van der Waals surface area (Å²) in [6, 6.07) is 11.9. The summed E-state index contributed by atoms with van der Waals surface area (Å²) in [4.78, 5) is 23.5. The number of aryl methyl sites for hydroxylation is 1. The Morgan fingerprint density at radius 2 is 1.77 bits per heavy atom. The first-order valence-corrected chi connectivity index (χ1v) is 12.0. The average molecular weight is 444 g/mol. The molecule has 0 spiro atoms. The summed E-state index contributed by atoms with van der Waals surface area (Å²) in [5.74, 6) is -0.285. The molecule has 2 aromatic carbocycles. The van der Waals surface area contributed by atoms with Crippen LogP contribution in [0.3, 0.4) is 0 Å². The van der Waals surface area contributed by atoms with Gasteiger partial charge in [-0.05, 0) is 55.4 Å². The Kier molecular flexibility index (Phi) is 6.06. The molecule has 31 heavy (non-hydrogen) atoms. The van der Waals surface area contributed by atoms with E-state index < -0.39 is 21.0 Å².